The molecule has 3 heterocycles. The van der Waals surface area contributed by atoms with Gasteiger partial charge in [-0.15, -0.1) is 0 Å². The predicted octanol–water partition coefficient (Wildman–Crippen LogP) is 3.18. The van der Waals surface area contributed by atoms with Crippen LogP contribution < -0.4 is 20.9 Å². The second-order valence-corrected chi connectivity index (χ2v) is 6.82. The SMILES string of the molecule is CNc1ncc(-c2ccc3cc(Oc4ccnc(NC(C)=O)c4)ccc3n2)c(=O)n1C. The van der Waals surface area contributed by atoms with Crippen LogP contribution in [0.1, 0.15) is 6.92 Å². The normalized spacial score (nSPS) is 10.7. The van der Waals surface area contributed by atoms with Crippen molar-refractivity contribution >= 4 is 28.6 Å². The highest BCUT2D eigenvalue weighted by Crippen LogP contribution is 2.27. The van der Waals surface area contributed by atoms with Crippen LogP contribution in [0.2, 0.25) is 0 Å². The van der Waals surface area contributed by atoms with E-state index >= 15 is 0 Å². The summed E-state index contributed by atoms with van der Waals surface area (Å²) in [7, 11) is 3.37. The summed E-state index contributed by atoms with van der Waals surface area (Å²) in [5.41, 5.74) is 1.51. The van der Waals surface area contributed by atoms with Gasteiger partial charge in [-0.25, -0.2) is 15.0 Å². The third kappa shape index (κ3) is 4.20. The summed E-state index contributed by atoms with van der Waals surface area (Å²) >= 11 is 0. The molecular weight excluding hydrogens is 396 g/mol. The number of fused-ring (bicyclic) bond motifs is 1. The molecule has 3 aromatic heterocycles. The molecule has 0 bridgehead atoms. The van der Waals surface area contributed by atoms with Gasteiger partial charge in [0, 0.05) is 44.9 Å². The minimum atomic E-state index is -0.206. The van der Waals surface area contributed by atoms with Crippen LogP contribution in [0.5, 0.6) is 11.5 Å². The Morgan fingerprint density at radius 3 is 2.65 bits per heavy atom. The van der Waals surface area contributed by atoms with Crippen LogP contribution in [0.3, 0.4) is 0 Å². The highest BCUT2D eigenvalue weighted by molar-refractivity contribution is 5.87. The van der Waals surface area contributed by atoms with Crippen molar-refractivity contribution in [2.75, 3.05) is 17.7 Å². The van der Waals surface area contributed by atoms with E-state index in [4.69, 9.17) is 4.74 Å². The molecule has 156 valence electrons. The lowest BCUT2D eigenvalue weighted by molar-refractivity contribution is -0.114. The number of carbonyl (C=O) groups is 1. The largest absolute Gasteiger partial charge is 0.457 e. The Morgan fingerprint density at radius 1 is 1.06 bits per heavy atom. The number of hydrogen-bond acceptors (Lipinski definition) is 7. The molecule has 0 aliphatic carbocycles. The smallest absolute Gasteiger partial charge is 0.264 e. The fourth-order valence-corrected chi connectivity index (χ4v) is 3.13. The number of hydrogen-bond donors (Lipinski definition) is 2. The number of nitrogens with one attached hydrogen (secondary N) is 2. The average Bonchev–Trinajstić information content (AvgIpc) is 2.75. The van der Waals surface area contributed by atoms with E-state index in [-0.39, 0.29) is 11.5 Å². The summed E-state index contributed by atoms with van der Waals surface area (Å²) in [6.45, 7) is 1.42. The second-order valence-electron chi connectivity index (χ2n) is 6.82. The minimum Gasteiger partial charge on any atom is -0.457 e. The number of anilines is 2. The number of benzene rings is 1. The molecule has 0 radical (unpaired) electrons. The number of pyridine rings is 2. The number of rotatable bonds is 5. The maximum absolute atomic E-state index is 12.6. The van der Waals surface area contributed by atoms with Gasteiger partial charge >= 0.3 is 0 Å². The first-order chi connectivity index (χ1) is 14.9. The lowest BCUT2D eigenvalue weighted by Gasteiger charge is -2.10. The van der Waals surface area contributed by atoms with Gasteiger partial charge in [0.25, 0.3) is 5.56 Å². The minimum absolute atomic E-state index is 0.182. The van der Waals surface area contributed by atoms with Gasteiger partial charge in [0.05, 0.1) is 16.8 Å². The first-order valence-electron chi connectivity index (χ1n) is 9.51. The molecule has 0 atom stereocenters. The third-order valence-electron chi connectivity index (χ3n) is 4.60. The van der Waals surface area contributed by atoms with E-state index in [9.17, 15) is 9.59 Å². The molecule has 0 spiro atoms. The van der Waals surface area contributed by atoms with Gasteiger partial charge < -0.3 is 15.4 Å². The Balaban J connectivity index is 1.63. The summed E-state index contributed by atoms with van der Waals surface area (Å²) in [6, 6.07) is 12.5. The fraction of sp³-hybridized carbons (Fsp3) is 0.136. The summed E-state index contributed by atoms with van der Waals surface area (Å²) in [6.07, 6.45) is 3.08. The number of aromatic nitrogens is 4. The van der Waals surface area contributed by atoms with E-state index in [0.717, 1.165) is 10.9 Å². The van der Waals surface area contributed by atoms with Gasteiger partial charge in [0.2, 0.25) is 11.9 Å². The van der Waals surface area contributed by atoms with Crippen LogP contribution in [0.15, 0.2) is 59.7 Å². The summed E-state index contributed by atoms with van der Waals surface area (Å²) < 4.78 is 7.34. The first kappa shape index (κ1) is 20.0. The van der Waals surface area contributed by atoms with E-state index in [1.807, 2.05) is 18.2 Å². The molecule has 2 N–H and O–H groups in total. The molecule has 0 aliphatic rings. The van der Waals surface area contributed by atoms with Gasteiger partial charge in [-0.3, -0.25) is 14.2 Å². The molecule has 0 saturated carbocycles. The highest BCUT2D eigenvalue weighted by Gasteiger charge is 2.11. The molecule has 1 aromatic carbocycles. The number of amides is 1. The van der Waals surface area contributed by atoms with Crippen LogP contribution in [-0.4, -0.2) is 32.5 Å². The van der Waals surface area contributed by atoms with Crippen LogP contribution in [0.25, 0.3) is 22.2 Å². The topological polar surface area (TPSA) is 111 Å². The second kappa shape index (κ2) is 8.23. The van der Waals surface area contributed by atoms with Gasteiger partial charge in [0.15, 0.2) is 0 Å². The molecule has 9 nitrogen and oxygen atoms in total. The van der Waals surface area contributed by atoms with E-state index in [0.29, 0.717) is 34.5 Å². The van der Waals surface area contributed by atoms with Gasteiger partial charge in [-0.1, -0.05) is 6.07 Å². The van der Waals surface area contributed by atoms with E-state index in [2.05, 4.69) is 25.6 Å². The van der Waals surface area contributed by atoms with Crippen LogP contribution in [-0.2, 0) is 11.8 Å². The summed E-state index contributed by atoms with van der Waals surface area (Å²) in [5, 5.41) is 6.35. The van der Waals surface area contributed by atoms with Crippen molar-refractivity contribution in [3.63, 3.8) is 0 Å². The van der Waals surface area contributed by atoms with Crippen molar-refractivity contribution in [1.82, 2.24) is 19.5 Å². The zero-order chi connectivity index (χ0) is 22.0. The standard InChI is InChI=1S/C22H20N6O3/c1-13(29)26-20-11-16(8-9-24-20)31-15-5-7-18-14(10-15)4-6-19(27-18)17-12-25-22(23-2)28(3)21(17)30/h4-12H,1-3H3,(H,23,25)(H,24,26,29). The fourth-order valence-electron chi connectivity index (χ4n) is 3.13. The van der Waals surface area contributed by atoms with E-state index < -0.39 is 0 Å². The van der Waals surface area contributed by atoms with Crippen LogP contribution in [0.4, 0.5) is 11.8 Å². The van der Waals surface area contributed by atoms with Gasteiger partial charge in [-0.05, 0) is 30.3 Å². The molecule has 31 heavy (non-hydrogen) atoms. The Morgan fingerprint density at radius 2 is 1.87 bits per heavy atom. The van der Waals surface area contributed by atoms with Crippen molar-refractivity contribution in [2.24, 2.45) is 7.05 Å². The molecule has 0 saturated heterocycles. The molecule has 0 unspecified atom stereocenters. The van der Waals surface area contributed by atoms with Crippen molar-refractivity contribution in [2.45, 2.75) is 6.92 Å². The van der Waals surface area contributed by atoms with Crippen molar-refractivity contribution in [1.29, 1.82) is 0 Å². The maximum atomic E-state index is 12.6. The third-order valence-corrected chi connectivity index (χ3v) is 4.60. The van der Waals surface area contributed by atoms with Crippen molar-refractivity contribution in [3.8, 4) is 22.8 Å². The number of carbonyl (C=O) groups excluding carboxylic acids is 1. The average molecular weight is 416 g/mol. The Bertz CT molecular complexity index is 1350. The number of ether oxygens (including phenoxy) is 1. The zero-order valence-corrected chi connectivity index (χ0v) is 17.2. The summed E-state index contributed by atoms with van der Waals surface area (Å²) in [5.74, 6) is 1.84. The quantitative estimate of drug-likeness (QED) is 0.514. The monoisotopic (exact) mass is 416 g/mol. The lowest BCUT2D eigenvalue weighted by Crippen LogP contribution is -2.22. The van der Waals surface area contributed by atoms with Crippen LogP contribution >= 0.6 is 0 Å². The maximum Gasteiger partial charge on any atom is 0.264 e. The van der Waals surface area contributed by atoms with Gasteiger partial charge in [-0.2, -0.15) is 0 Å². The molecule has 9 heteroatoms. The molecular formula is C22H20N6O3. The van der Waals surface area contributed by atoms with E-state index in [1.165, 1.54) is 17.7 Å². The van der Waals surface area contributed by atoms with Crippen LogP contribution in [0, 0.1) is 0 Å². The Hall–Kier alpha value is -4.27. The predicted molar refractivity (Wildman–Crippen MR) is 118 cm³/mol. The highest BCUT2D eigenvalue weighted by atomic mass is 16.5. The summed E-state index contributed by atoms with van der Waals surface area (Å²) in [4.78, 5) is 36.8. The first-order valence-corrected chi connectivity index (χ1v) is 9.51. The molecule has 1 amide bonds. The molecule has 4 rings (SSSR count). The van der Waals surface area contributed by atoms with Crippen molar-refractivity contribution < 1.29 is 9.53 Å². The lowest BCUT2D eigenvalue weighted by atomic mass is 10.1. The zero-order valence-electron chi connectivity index (χ0n) is 17.2. The molecule has 0 fully saturated rings. The van der Waals surface area contributed by atoms with Crippen molar-refractivity contribution in [3.05, 3.63) is 65.2 Å². The Labute approximate surface area is 177 Å². The number of nitrogens with zero attached hydrogens (tertiary/aromatic N) is 4. The Kier molecular flexibility index (Phi) is 5.31. The van der Waals surface area contributed by atoms with E-state index in [1.54, 1.807) is 44.6 Å². The molecule has 0 aliphatic heterocycles. The van der Waals surface area contributed by atoms with Gasteiger partial charge in [0.1, 0.15) is 17.3 Å². The molecule has 4 aromatic rings.